The van der Waals surface area contributed by atoms with Crippen molar-refractivity contribution >= 4 is 35.0 Å². The van der Waals surface area contributed by atoms with E-state index in [0.29, 0.717) is 10.0 Å². The lowest BCUT2D eigenvalue weighted by Crippen LogP contribution is -2.29. The minimum absolute atomic E-state index is 0.257. The molecule has 0 amide bonds. The molecule has 21 heavy (non-hydrogen) atoms. The molecule has 1 unspecified atom stereocenters. The van der Waals surface area contributed by atoms with Gasteiger partial charge in [-0.2, -0.15) is 11.8 Å². The van der Waals surface area contributed by atoms with Gasteiger partial charge in [-0.3, -0.25) is 0 Å². The Balaban J connectivity index is 2.69. The number of thioether (sulfide) groups is 1. The molecule has 1 N–H and O–H groups in total. The average Bonchev–Trinajstić information content (AvgIpc) is 2.48. The van der Waals surface area contributed by atoms with E-state index in [9.17, 15) is 0 Å². The van der Waals surface area contributed by atoms with Crippen molar-refractivity contribution in [3.63, 3.8) is 0 Å². The van der Waals surface area contributed by atoms with Gasteiger partial charge in [-0.1, -0.05) is 42.3 Å². The lowest BCUT2D eigenvalue weighted by Gasteiger charge is -2.24. The molecule has 0 fully saturated rings. The minimum atomic E-state index is 0.257. The smallest absolute Gasteiger partial charge is 0.0640 e. The minimum Gasteiger partial charge on any atom is -0.310 e. The summed E-state index contributed by atoms with van der Waals surface area (Å²) in [6.45, 7) is 5.33. The molecule has 1 atom stereocenters. The van der Waals surface area contributed by atoms with E-state index in [0.717, 1.165) is 38.0 Å². The second-order valence-corrected chi connectivity index (χ2v) is 7.01. The molecule has 0 radical (unpaired) electrons. The predicted octanol–water partition coefficient (Wildman–Crippen LogP) is 4.72. The highest BCUT2D eigenvalue weighted by atomic mass is 35.5. The Hall–Kier alpha value is 0.0700. The number of nitrogens with zero attached hydrogens (tertiary/aromatic N) is 1. The highest BCUT2D eigenvalue weighted by Gasteiger charge is 2.16. The van der Waals surface area contributed by atoms with Crippen LogP contribution in [0, 0.1) is 0 Å². The monoisotopic (exact) mass is 348 g/mol. The molecule has 0 aliphatic rings. The Morgan fingerprint density at radius 3 is 2.71 bits per heavy atom. The van der Waals surface area contributed by atoms with Crippen molar-refractivity contribution in [1.82, 2.24) is 10.2 Å². The molecule has 0 heterocycles. The lowest BCUT2D eigenvalue weighted by molar-refractivity contribution is 0.323. The van der Waals surface area contributed by atoms with Gasteiger partial charge in [-0.05, 0) is 50.9 Å². The van der Waals surface area contributed by atoms with Crippen LogP contribution in [0.5, 0.6) is 0 Å². The zero-order valence-corrected chi connectivity index (χ0v) is 15.5. The molecule has 0 aliphatic heterocycles. The summed E-state index contributed by atoms with van der Waals surface area (Å²) >= 11 is 14.4. The van der Waals surface area contributed by atoms with E-state index in [1.54, 1.807) is 0 Å². The fourth-order valence-electron chi connectivity index (χ4n) is 2.18. The van der Waals surface area contributed by atoms with Crippen LogP contribution in [0.1, 0.15) is 31.4 Å². The molecule has 2 nitrogen and oxygen atoms in total. The molecule has 1 aromatic carbocycles. The highest BCUT2D eigenvalue weighted by Crippen LogP contribution is 2.31. The Morgan fingerprint density at radius 2 is 2.05 bits per heavy atom. The summed E-state index contributed by atoms with van der Waals surface area (Å²) in [4.78, 5) is 2.37. The number of halogens is 2. The molecule has 0 saturated carbocycles. The van der Waals surface area contributed by atoms with Crippen LogP contribution in [0.2, 0.25) is 10.0 Å². The topological polar surface area (TPSA) is 15.3 Å². The van der Waals surface area contributed by atoms with Crippen molar-refractivity contribution in [2.45, 2.75) is 25.8 Å². The predicted molar refractivity (Wildman–Crippen MR) is 98.0 cm³/mol. The SMILES string of the molecule is CCCNC(CCN(C)CCSC)c1cccc(Cl)c1Cl. The number of nitrogens with one attached hydrogen (secondary N) is 1. The van der Waals surface area contributed by atoms with Crippen LogP contribution in [0.4, 0.5) is 0 Å². The maximum absolute atomic E-state index is 6.38. The number of hydrogen-bond acceptors (Lipinski definition) is 3. The van der Waals surface area contributed by atoms with Crippen molar-refractivity contribution < 1.29 is 0 Å². The van der Waals surface area contributed by atoms with E-state index in [1.165, 1.54) is 5.75 Å². The standard InChI is InChI=1S/C16H26Cl2N2S/c1-4-9-19-15(8-10-20(2)11-12-21-3)13-6-5-7-14(17)16(13)18/h5-7,15,19H,4,8-12H2,1-3H3. The Labute approximate surface area is 143 Å². The van der Waals surface area contributed by atoms with Gasteiger partial charge in [0.2, 0.25) is 0 Å². The molecular weight excluding hydrogens is 323 g/mol. The Kier molecular flexibility index (Phi) is 9.78. The van der Waals surface area contributed by atoms with Gasteiger partial charge in [0.25, 0.3) is 0 Å². The molecule has 1 rings (SSSR count). The van der Waals surface area contributed by atoms with Gasteiger partial charge in [0, 0.05) is 18.3 Å². The second-order valence-electron chi connectivity index (χ2n) is 5.23. The van der Waals surface area contributed by atoms with Gasteiger partial charge in [-0.25, -0.2) is 0 Å². The fourth-order valence-corrected chi connectivity index (χ4v) is 3.12. The van der Waals surface area contributed by atoms with E-state index in [4.69, 9.17) is 23.2 Å². The first-order valence-electron chi connectivity index (χ1n) is 7.44. The summed E-state index contributed by atoms with van der Waals surface area (Å²) in [6.07, 6.45) is 4.28. The number of rotatable bonds is 10. The second kappa shape index (κ2) is 10.7. The van der Waals surface area contributed by atoms with Crippen molar-refractivity contribution in [2.75, 3.05) is 38.7 Å². The lowest BCUT2D eigenvalue weighted by atomic mass is 10.0. The zero-order chi connectivity index (χ0) is 15.7. The van der Waals surface area contributed by atoms with Gasteiger partial charge in [0.05, 0.1) is 10.0 Å². The van der Waals surface area contributed by atoms with Gasteiger partial charge < -0.3 is 10.2 Å². The summed E-state index contributed by atoms with van der Waals surface area (Å²) in [5, 5.41) is 4.90. The molecule has 0 saturated heterocycles. The summed E-state index contributed by atoms with van der Waals surface area (Å²) < 4.78 is 0. The van der Waals surface area contributed by atoms with Crippen molar-refractivity contribution in [1.29, 1.82) is 0 Å². The van der Waals surface area contributed by atoms with Crippen LogP contribution < -0.4 is 5.32 Å². The average molecular weight is 349 g/mol. The summed E-state index contributed by atoms with van der Waals surface area (Å²) in [5.41, 5.74) is 1.11. The van der Waals surface area contributed by atoms with Crippen LogP contribution in [0.3, 0.4) is 0 Å². The molecule has 0 bridgehead atoms. The maximum atomic E-state index is 6.38. The fraction of sp³-hybridized carbons (Fsp3) is 0.625. The highest BCUT2D eigenvalue weighted by molar-refractivity contribution is 7.98. The van der Waals surface area contributed by atoms with Crippen LogP contribution in [0.25, 0.3) is 0 Å². The van der Waals surface area contributed by atoms with Crippen LogP contribution in [-0.4, -0.2) is 43.6 Å². The van der Waals surface area contributed by atoms with E-state index in [1.807, 2.05) is 23.9 Å². The number of hydrogen-bond donors (Lipinski definition) is 1. The van der Waals surface area contributed by atoms with Gasteiger partial charge >= 0.3 is 0 Å². The van der Waals surface area contributed by atoms with Crippen LogP contribution in [0.15, 0.2) is 18.2 Å². The van der Waals surface area contributed by atoms with Gasteiger partial charge in [0.15, 0.2) is 0 Å². The first kappa shape index (κ1) is 19.1. The van der Waals surface area contributed by atoms with Crippen LogP contribution >= 0.6 is 35.0 Å². The van der Waals surface area contributed by atoms with Crippen LogP contribution in [-0.2, 0) is 0 Å². The van der Waals surface area contributed by atoms with Gasteiger partial charge in [-0.15, -0.1) is 0 Å². The molecule has 0 spiro atoms. The van der Waals surface area contributed by atoms with E-state index >= 15 is 0 Å². The quantitative estimate of drug-likeness (QED) is 0.658. The van der Waals surface area contributed by atoms with Crippen molar-refractivity contribution in [3.8, 4) is 0 Å². The molecule has 5 heteroatoms. The Morgan fingerprint density at radius 1 is 1.29 bits per heavy atom. The summed E-state index contributed by atoms with van der Waals surface area (Å²) in [5.74, 6) is 1.17. The third-order valence-corrected chi connectivity index (χ3v) is 4.90. The first-order valence-corrected chi connectivity index (χ1v) is 9.59. The third-order valence-electron chi connectivity index (χ3n) is 3.47. The zero-order valence-electron chi connectivity index (χ0n) is 13.2. The summed E-state index contributed by atoms with van der Waals surface area (Å²) in [6, 6.07) is 6.15. The normalized spacial score (nSPS) is 12.9. The van der Waals surface area contributed by atoms with E-state index in [-0.39, 0.29) is 6.04 Å². The summed E-state index contributed by atoms with van der Waals surface area (Å²) in [7, 11) is 2.17. The van der Waals surface area contributed by atoms with Crippen molar-refractivity contribution in [2.24, 2.45) is 0 Å². The molecule has 0 aromatic heterocycles. The first-order chi connectivity index (χ1) is 10.1. The van der Waals surface area contributed by atoms with Gasteiger partial charge in [0.1, 0.15) is 0 Å². The van der Waals surface area contributed by atoms with E-state index in [2.05, 4.69) is 36.5 Å². The van der Waals surface area contributed by atoms with Crippen molar-refractivity contribution in [3.05, 3.63) is 33.8 Å². The Bertz CT molecular complexity index is 415. The number of benzene rings is 1. The third kappa shape index (κ3) is 6.79. The maximum Gasteiger partial charge on any atom is 0.0640 e. The van der Waals surface area contributed by atoms with E-state index < -0.39 is 0 Å². The largest absolute Gasteiger partial charge is 0.310 e. The molecule has 0 aliphatic carbocycles. The molecule has 120 valence electrons. The molecular formula is C16H26Cl2N2S. The molecule has 1 aromatic rings.